The Labute approximate surface area is 187 Å². The molecule has 1 atom stereocenters. The van der Waals surface area contributed by atoms with Gasteiger partial charge in [-0.15, -0.1) is 0 Å². The monoisotopic (exact) mass is 444 g/mol. The number of nitrogens with one attached hydrogen (secondary N) is 1. The number of carbonyl (C=O) groups is 1. The third-order valence-electron chi connectivity index (χ3n) is 6.44. The summed E-state index contributed by atoms with van der Waals surface area (Å²) >= 11 is 6.26. The van der Waals surface area contributed by atoms with Crippen molar-refractivity contribution in [2.75, 3.05) is 32.8 Å². The molecule has 2 aliphatic rings. The Bertz CT molecular complexity index is 898. The molecular formula is C24H29ClN2O4. The Balaban J connectivity index is 1.28. The van der Waals surface area contributed by atoms with Gasteiger partial charge in [0.05, 0.1) is 0 Å². The highest BCUT2D eigenvalue weighted by molar-refractivity contribution is 6.31. The standard InChI is InChI=1S/C24H29ClN2O4/c25-19-11-18(17-1-3-20(28)4-2-17)12-22(13-19)31-15-21(29)14-27-9-7-24(8-10-27)6-5-23(30)26-16-24/h1-4,11-13,21,28-29H,5-10,14-16H2,(H,26,30). The molecule has 31 heavy (non-hydrogen) atoms. The second-order valence-corrected chi connectivity index (χ2v) is 9.20. The van der Waals surface area contributed by atoms with Crippen molar-refractivity contribution in [3.8, 4) is 22.6 Å². The lowest BCUT2D eigenvalue weighted by atomic mass is 9.73. The first-order valence-electron chi connectivity index (χ1n) is 10.8. The molecule has 0 saturated carbocycles. The van der Waals surface area contributed by atoms with Crippen LogP contribution in [0, 0.1) is 5.41 Å². The van der Waals surface area contributed by atoms with E-state index in [9.17, 15) is 15.0 Å². The third-order valence-corrected chi connectivity index (χ3v) is 6.66. The van der Waals surface area contributed by atoms with E-state index in [0.717, 1.165) is 50.0 Å². The van der Waals surface area contributed by atoms with Crippen molar-refractivity contribution in [1.82, 2.24) is 10.2 Å². The molecule has 2 aromatic rings. The summed E-state index contributed by atoms with van der Waals surface area (Å²) in [6.45, 7) is 3.38. The van der Waals surface area contributed by atoms with Gasteiger partial charge in [0, 0.05) is 24.5 Å². The topological polar surface area (TPSA) is 82.0 Å². The van der Waals surface area contributed by atoms with E-state index in [1.165, 1.54) is 0 Å². The van der Waals surface area contributed by atoms with Gasteiger partial charge in [0.15, 0.2) is 0 Å². The number of hydrogen-bond donors (Lipinski definition) is 3. The average Bonchev–Trinajstić information content (AvgIpc) is 2.76. The molecule has 2 fully saturated rings. The molecule has 2 aliphatic heterocycles. The maximum Gasteiger partial charge on any atom is 0.220 e. The van der Waals surface area contributed by atoms with E-state index in [2.05, 4.69) is 10.2 Å². The van der Waals surface area contributed by atoms with Gasteiger partial charge >= 0.3 is 0 Å². The van der Waals surface area contributed by atoms with Gasteiger partial charge in [-0.3, -0.25) is 4.79 Å². The first-order valence-corrected chi connectivity index (χ1v) is 11.2. The normalized spacial score (nSPS) is 19.7. The lowest BCUT2D eigenvalue weighted by Crippen LogP contribution is -2.51. The summed E-state index contributed by atoms with van der Waals surface area (Å²) in [5.74, 6) is 0.975. The number of aliphatic hydroxyl groups is 1. The molecule has 2 aromatic carbocycles. The van der Waals surface area contributed by atoms with Crippen molar-refractivity contribution in [1.29, 1.82) is 0 Å². The van der Waals surface area contributed by atoms with E-state index in [1.807, 2.05) is 24.3 Å². The van der Waals surface area contributed by atoms with Crippen LogP contribution in [0.3, 0.4) is 0 Å². The Hall–Kier alpha value is -2.28. The molecule has 0 bridgehead atoms. The van der Waals surface area contributed by atoms with Crippen LogP contribution in [-0.4, -0.2) is 59.9 Å². The largest absolute Gasteiger partial charge is 0.508 e. The summed E-state index contributed by atoms with van der Waals surface area (Å²) in [5, 5.41) is 23.5. The van der Waals surface area contributed by atoms with Crippen molar-refractivity contribution in [3.05, 3.63) is 47.5 Å². The maximum absolute atomic E-state index is 11.4. The number of β-amino-alcohol motifs (C(OH)–C–C–N with tert-alkyl or cyclic N) is 1. The number of piperidine rings is 2. The summed E-state index contributed by atoms with van der Waals surface area (Å²) in [7, 11) is 0. The van der Waals surface area contributed by atoms with Crippen LogP contribution in [0.15, 0.2) is 42.5 Å². The number of rotatable bonds is 6. The molecule has 4 rings (SSSR count). The number of hydrogen-bond acceptors (Lipinski definition) is 5. The molecule has 0 aliphatic carbocycles. The van der Waals surface area contributed by atoms with Crippen LogP contribution in [0.5, 0.6) is 11.5 Å². The van der Waals surface area contributed by atoms with Crippen LogP contribution in [0.4, 0.5) is 0 Å². The van der Waals surface area contributed by atoms with Gasteiger partial charge in [0.1, 0.15) is 24.2 Å². The van der Waals surface area contributed by atoms with Gasteiger partial charge < -0.3 is 25.2 Å². The summed E-state index contributed by atoms with van der Waals surface area (Å²) < 4.78 is 5.84. The van der Waals surface area contributed by atoms with E-state index in [4.69, 9.17) is 16.3 Å². The highest BCUT2D eigenvalue weighted by atomic mass is 35.5. The van der Waals surface area contributed by atoms with Crippen LogP contribution in [0.25, 0.3) is 11.1 Å². The zero-order valence-electron chi connectivity index (χ0n) is 17.5. The number of phenols is 1. The Morgan fingerprint density at radius 1 is 1.10 bits per heavy atom. The number of likely N-dealkylation sites (tertiary alicyclic amines) is 1. The predicted molar refractivity (Wildman–Crippen MR) is 120 cm³/mol. The molecule has 7 heteroatoms. The number of phenolic OH excluding ortho intramolecular Hbond substituents is 1. The minimum Gasteiger partial charge on any atom is -0.508 e. The number of ether oxygens (including phenoxy) is 1. The summed E-state index contributed by atoms with van der Waals surface area (Å²) in [6, 6.07) is 12.4. The predicted octanol–water partition coefficient (Wildman–Crippen LogP) is 3.44. The Kier molecular flexibility index (Phi) is 6.70. The minimum atomic E-state index is -0.601. The summed E-state index contributed by atoms with van der Waals surface area (Å²) in [5.41, 5.74) is 2.04. The van der Waals surface area contributed by atoms with Gasteiger partial charge in [-0.1, -0.05) is 23.7 Å². The highest BCUT2D eigenvalue weighted by Crippen LogP contribution is 2.37. The van der Waals surface area contributed by atoms with Crippen LogP contribution < -0.4 is 10.1 Å². The van der Waals surface area contributed by atoms with E-state index in [0.29, 0.717) is 23.7 Å². The third kappa shape index (κ3) is 5.70. The molecule has 2 heterocycles. The smallest absolute Gasteiger partial charge is 0.220 e. The number of carbonyl (C=O) groups excluding carboxylic acids is 1. The lowest BCUT2D eigenvalue weighted by Gasteiger charge is -2.44. The number of aliphatic hydroxyl groups excluding tert-OH is 1. The number of aromatic hydroxyl groups is 1. The molecule has 6 nitrogen and oxygen atoms in total. The van der Waals surface area contributed by atoms with Crippen LogP contribution in [-0.2, 0) is 4.79 Å². The molecular weight excluding hydrogens is 416 g/mol. The number of nitrogens with zero attached hydrogens (tertiary/aromatic N) is 1. The molecule has 1 spiro atoms. The molecule has 0 aromatic heterocycles. The van der Waals surface area contributed by atoms with E-state index < -0.39 is 6.10 Å². The van der Waals surface area contributed by atoms with Gasteiger partial charge in [-0.25, -0.2) is 0 Å². The molecule has 0 radical (unpaired) electrons. The first-order chi connectivity index (χ1) is 14.9. The maximum atomic E-state index is 11.4. The fourth-order valence-corrected chi connectivity index (χ4v) is 4.71. The molecule has 166 valence electrons. The molecule has 1 amide bonds. The zero-order valence-corrected chi connectivity index (χ0v) is 18.3. The van der Waals surface area contributed by atoms with Gasteiger partial charge in [0.2, 0.25) is 5.91 Å². The van der Waals surface area contributed by atoms with Crippen LogP contribution >= 0.6 is 11.6 Å². The van der Waals surface area contributed by atoms with Crippen molar-refractivity contribution in [2.24, 2.45) is 5.41 Å². The van der Waals surface area contributed by atoms with Crippen molar-refractivity contribution in [3.63, 3.8) is 0 Å². The molecule has 1 unspecified atom stereocenters. The molecule has 3 N–H and O–H groups in total. The Morgan fingerprint density at radius 3 is 2.52 bits per heavy atom. The van der Waals surface area contributed by atoms with E-state index in [-0.39, 0.29) is 23.7 Å². The van der Waals surface area contributed by atoms with Crippen molar-refractivity contribution in [2.45, 2.75) is 31.8 Å². The van der Waals surface area contributed by atoms with Gasteiger partial charge in [-0.05, 0) is 79.2 Å². The number of amides is 1. The summed E-state index contributed by atoms with van der Waals surface area (Å²) in [6.07, 6.45) is 3.09. The second kappa shape index (κ2) is 9.47. The zero-order chi connectivity index (χ0) is 21.8. The van der Waals surface area contributed by atoms with Gasteiger partial charge in [-0.2, -0.15) is 0 Å². The second-order valence-electron chi connectivity index (χ2n) is 8.76. The minimum absolute atomic E-state index is 0.162. The van der Waals surface area contributed by atoms with Gasteiger partial charge in [0.25, 0.3) is 0 Å². The lowest BCUT2D eigenvalue weighted by molar-refractivity contribution is -0.125. The Morgan fingerprint density at radius 2 is 1.84 bits per heavy atom. The number of benzene rings is 2. The van der Waals surface area contributed by atoms with E-state index >= 15 is 0 Å². The van der Waals surface area contributed by atoms with E-state index in [1.54, 1.807) is 18.2 Å². The fourth-order valence-electron chi connectivity index (χ4n) is 4.49. The first kappa shape index (κ1) is 21.9. The fraction of sp³-hybridized carbons (Fsp3) is 0.458. The molecule has 2 saturated heterocycles. The number of halogens is 1. The van der Waals surface area contributed by atoms with Crippen molar-refractivity contribution < 1.29 is 19.7 Å². The van der Waals surface area contributed by atoms with Crippen molar-refractivity contribution >= 4 is 17.5 Å². The van der Waals surface area contributed by atoms with Crippen LogP contribution in [0.2, 0.25) is 5.02 Å². The average molecular weight is 445 g/mol. The quantitative estimate of drug-likeness (QED) is 0.635. The highest BCUT2D eigenvalue weighted by Gasteiger charge is 2.37. The summed E-state index contributed by atoms with van der Waals surface area (Å²) in [4.78, 5) is 13.7. The SMILES string of the molecule is O=C1CCC2(CCN(CC(O)COc3cc(Cl)cc(-c4ccc(O)cc4)c3)CC2)CN1. The van der Waals surface area contributed by atoms with Crippen LogP contribution in [0.1, 0.15) is 25.7 Å².